The maximum atomic E-state index is 12.6. The number of carbonyl (C=O) groups is 1. The Labute approximate surface area is 125 Å². The predicted molar refractivity (Wildman–Crippen MR) is 81.0 cm³/mol. The third-order valence-electron chi connectivity index (χ3n) is 4.49. The first-order valence-electron chi connectivity index (χ1n) is 7.73. The summed E-state index contributed by atoms with van der Waals surface area (Å²) in [6.07, 6.45) is 5.52. The van der Waals surface area contributed by atoms with Crippen LogP contribution in [0.3, 0.4) is 0 Å². The molecule has 0 spiro atoms. The van der Waals surface area contributed by atoms with Gasteiger partial charge in [-0.15, -0.1) is 0 Å². The van der Waals surface area contributed by atoms with Crippen LogP contribution in [0.5, 0.6) is 0 Å². The Morgan fingerprint density at radius 3 is 2.29 bits per heavy atom. The van der Waals surface area contributed by atoms with Crippen molar-refractivity contribution in [1.29, 1.82) is 0 Å². The van der Waals surface area contributed by atoms with Gasteiger partial charge in [0, 0.05) is 44.5 Å². The SMILES string of the molecule is CN1CCC(C(=O)N2CCN(c3ncccn3)CC2)CC1. The van der Waals surface area contributed by atoms with E-state index < -0.39 is 0 Å². The molecule has 114 valence electrons. The molecule has 2 aliphatic heterocycles. The molecule has 2 aliphatic rings. The van der Waals surface area contributed by atoms with Crippen LogP contribution in [0.2, 0.25) is 0 Å². The molecule has 0 aromatic carbocycles. The van der Waals surface area contributed by atoms with E-state index in [0.29, 0.717) is 5.91 Å². The molecule has 0 aliphatic carbocycles. The zero-order valence-corrected chi connectivity index (χ0v) is 12.6. The summed E-state index contributed by atoms with van der Waals surface area (Å²) in [5.41, 5.74) is 0. The molecule has 0 N–H and O–H groups in total. The highest BCUT2D eigenvalue weighted by Gasteiger charge is 2.29. The first kappa shape index (κ1) is 14.3. The van der Waals surface area contributed by atoms with Gasteiger partial charge in [0.25, 0.3) is 0 Å². The van der Waals surface area contributed by atoms with E-state index in [1.165, 1.54) is 0 Å². The number of likely N-dealkylation sites (tertiary alicyclic amines) is 1. The van der Waals surface area contributed by atoms with Gasteiger partial charge in [-0.3, -0.25) is 4.79 Å². The second kappa shape index (κ2) is 6.39. The molecule has 1 amide bonds. The first-order valence-corrected chi connectivity index (χ1v) is 7.73. The number of piperazine rings is 1. The van der Waals surface area contributed by atoms with Gasteiger partial charge in [0.1, 0.15) is 0 Å². The van der Waals surface area contributed by atoms with Gasteiger partial charge in [0.2, 0.25) is 11.9 Å². The lowest BCUT2D eigenvalue weighted by Gasteiger charge is -2.38. The van der Waals surface area contributed by atoms with Crippen molar-refractivity contribution in [2.24, 2.45) is 5.92 Å². The lowest BCUT2D eigenvalue weighted by Crippen LogP contribution is -2.51. The van der Waals surface area contributed by atoms with Gasteiger partial charge in [0.15, 0.2) is 0 Å². The van der Waals surface area contributed by atoms with E-state index in [1.54, 1.807) is 12.4 Å². The van der Waals surface area contributed by atoms with Crippen molar-refractivity contribution >= 4 is 11.9 Å². The highest BCUT2D eigenvalue weighted by atomic mass is 16.2. The van der Waals surface area contributed by atoms with Crippen molar-refractivity contribution in [2.75, 3.05) is 51.2 Å². The summed E-state index contributed by atoms with van der Waals surface area (Å²) in [6.45, 7) is 5.28. The van der Waals surface area contributed by atoms with Crippen molar-refractivity contribution in [3.05, 3.63) is 18.5 Å². The maximum Gasteiger partial charge on any atom is 0.225 e. The number of rotatable bonds is 2. The van der Waals surface area contributed by atoms with Crippen molar-refractivity contribution in [3.8, 4) is 0 Å². The Morgan fingerprint density at radius 1 is 1.05 bits per heavy atom. The molecule has 2 fully saturated rings. The second-order valence-corrected chi connectivity index (χ2v) is 5.94. The fourth-order valence-corrected chi connectivity index (χ4v) is 3.10. The number of piperidine rings is 1. The molecule has 1 aromatic rings. The molecule has 0 bridgehead atoms. The Hall–Kier alpha value is -1.69. The molecular weight excluding hydrogens is 266 g/mol. The number of hydrogen-bond donors (Lipinski definition) is 0. The lowest BCUT2D eigenvalue weighted by atomic mass is 9.95. The molecule has 6 heteroatoms. The largest absolute Gasteiger partial charge is 0.339 e. The van der Waals surface area contributed by atoms with Gasteiger partial charge in [-0.2, -0.15) is 0 Å². The summed E-state index contributed by atoms with van der Waals surface area (Å²) in [7, 11) is 2.12. The summed E-state index contributed by atoms with van der Waals surface area (Å²) in [5, 5.41) is 0. The number of amides is 1. The third-order valence-corrected chi connectivity index (χ3v) is 4.49. The van der Waals surface area contributed by atoms with E-state index in [1.807, 2.05) is 11.0 Å². The highest BCUT2D eigenvalue weighted by molar-refractivity contribution is 5.79. The predicted octanol–water partition coefficient (Wildman–Crippen LogP) is 0.467. The molecule has 0 atom stereocenters. The number of nitrogens with zero attached hydrogens (tertiary/aromatic N) is 5. The van der Waals surface area contributed by atoms with Crippen molar-refractivity contribution in [1.82, 2.24) is 19.8 Å². The Kier molecular flexibility index (Phi) is 4.34. The quantitative estimate of drug-likeness (QED) is 0.792. The fourth-order valence-electron chi connectivity index (χ4n) is 3.10. The van der Waals surface area contributed by atoms with Gasteiger partial charge >= 0.3 is 0 Å². The van der Waals surface area contributed by atoms with Crippen LogP contribution in [0.25, 0.3) is 0 Å². The highest BCUT2D eigenvalue weighted by Crippen LogP contribution is 2.20. The minimum absolute atomic E-state index is 0.223. The van der Waals surface area contributed by atoms with E-state index in [9.17, 15) is 4.79 Å². The minimum Gasteiger partial charge on any atom is -0.339 e. The van der Waals surface area contributed by atoms with Crippen LogP contribution >= 0.6 is 0 Å². The molecule has 0 radical (unpaired) electrons. The molecule has 0 unspecified atom stereocenters. The number of anilines is 1. The fraction of sp³-hybridized carbons (Fsp3) is 0.667. The zero-order chi connectivity index (χ0) is 14.7. The molecule has 0 saturated carbocycles. The average Bonchev–Trinajstić information content (AvgIpc) is 2.56. The third kappa shape index (κ3) is 3.32. The summed E-state index contributed by atoms with van der Waals surface area (Å²) in [5.74, 6) is 1.33. The molecule has 2 saturated heterocycles. The second-order valence-electron chi connectivity index (χ2n) is 5.94. The summed E-state index contributed by atoms with van der Waals surface area (Å²) in [4.78, 5) is 27.6. The van der Waals surface area contributed by atoms with E-state index in [-0.39, 0.29) is 5.92 Å². The summed E-state index contributed by atoms with van der Waals surface area (Å²) in [6, 6.07) is 1.82. The van der Waals surface area contributed by atoms with Crippen molar-refractivity contribution in [3.63, 3.8) is 0 Å². The first-order chi connectivity index (χ1) is 10.2. The van der Waals surface area contributed by atoms with Gasteiger partial charge in [-0.25, -0.2) is 9.97 Å². The number of aromatic nitrogens is 2. The minimum atomic E-state index is 0.223. The van der Waals surface area contributed by atoms with Gasteiger partial charge < -0.3 is 14.7 Å². The maximum absolute atomic E-state index is 12.6. The van der Waals surface area contributed by atoms with Crippen LogP contribution in [0.1, 0.15) is 12.8 Å². The van der Waals surface area contributed by atoms with Crippen LogP contribution in [-0.4, -0.2) is 72.0 Å². The van der Waals surface area contributed by atoms with Crippen molar-refractivity contribution in [2.45, 2.75) is 12.8 Å². The van der Waals surface area contributed by atoms with Crippen LogP contribution in [0, 0.1) is 5.92 Å². The summed E-state index contributed by atoms with van der Waals surface area (Å²) < 4.78 is 0. The van der Waals surface area contributed by atoms with E-state index >= 15 is 0 Å². The van der Waals surface area contributed by atoms with E-state index in [4.69, 9.17) is 0 Å². The number of carbonyl (C=O) groups excluding carboxylic acids is 1. The summed E-state index contributed by atoms with van der Waals surface area (Å²) >= 11 is 0. The van der Waals surface area contributed by atoms with Crippen molar-refractivity contribution < 1.29 is 4.79 Å². The van der Waals surface area contributed by atoms with Crippen LogP contribution < -0.4 is 4.90 Å². The topological polar surface area (TPSA) is 52.6 Å². The molecule has 3 heterocycles. The average molecular weight is 289 g/mol. The lowest BCUT2D eigenvalue weighted by molar-refractivity contribution is -0.137. The Bertz CT molecular complexity index is 464. The molecule has 6 nitrogen and oxygen atoms in total. The molecular formula is C15H23N5O. The van der Waals surface area contributed by atoms with Gasteiger partial charge in [-0.05, 0) is 39.0 Å². The standard InChI is InChI=1S/C15H23N5O/c1-18-7-3-13(4-8-18)14(21)19-9-11-20(12-10-19)15-16-5-2-6-17-15/h2,5-6,13H,3-4,7-12H2,1H3. The van der Waals surface area contributed by atoms with Crippen LogP contribution in [0.4, 0.5) is 5.95 Å². The molecule has 3 rings (SSSR count). The monoisotopic (exact) mass is 289 g/mol. The van der Waals surface area contributed by atoms with Gasteiger partial charge in [0.05, 0.1) is 0 Å². The molecule has 1 aromatic heterocycles. The van der Waals surface area contributed by atoms with E-state index in [0.717, 1.165) is 58.1 Å². The Morgan fingerprint density at radius 2 is 1.67 bits per heavy atom. The Balaban J connectivity index is 1.52. The smallest absolute Gasteiger partial charge is 0.225 e. The normalized spacial score (nSPS) is 21.6. The number of hydrogen-bond acceptors (Lipinski definition) is 5. The van der Waals surface area contributed by atoms with Crippen LogP contribution in [-0.2, 0) is 4.79 Å². The zero-order valence-electron chi connectivity index (χ0n) is 12.6. The van der Waals surface area contributed by atoms with Crippen LogP contribution in [0.15, 0.2) is 18.5 Å². The van der Waals surface area contributed by atoms with E-state index in [2.05, 4.69) is 26.8 Å². The molecule has 21 heavy (non-hydrogen) atoms. The van der Waals surface area contributed by atoms with Gasteiger partial charge in [-0.1, -0.05) is 0 Å².